The second-order valence-electron chi connectivity index (χ2n) is 6.88. The van der Waals surface area contributed by atoms with Crippen LogP contribution in [0.5, 0.6) is 0 Å². The normalized spacial score (nSPS) is 12.3. The lowest BCUT2D eigenvalue weighted by Crippen LogP contribution is -2.26. The van der Waals surface area contributed by atoms with E-state index in [1.165, 1.54) is 0 Å². The van der Waals surface area contributed by atoms with Crippen LogP contribution in [0.4, 0.5) is 5.69 Å². The van der Waals surface area contributed by atoms with Crippen LogP contribution in [-0.2, 0) is 4.57 Å². The molecule has 4 aromatic rings. The van der Waals surface area contributed by atoms with Gasteiger partial charge in [0.1, 0.15) is 5.78 Å². The molecule has 1 atom stereocenters. The maximum absolute atomic E-state index is 15.0. The highest BCUT2D eigenvalue weighted by Gasteiger charge is 2.39. The number of anilines is 1. The number of nitrogens with one attached hydrogen (secondary N) is 1. The largest absolute Gasteiger partial charge is 0.370 e. The highest BCUT2D eigenvalue weighted by Crippen LogP contribution is 2.58. The summed E-state index contributed by atoms with van der Waals surface area (Å²) in [5.74, 6) is -0.601. The van der Waals surface area contributed by atoms with Gasteiger partial charge in [0.15, 0.2) is 7.14 Å². The van der Waals surface area contributed by atoms with E-state index in [4.69, 9.17) is 23.2 Å². The average molecular weight is 452 g/mol. The number of hydrogen-bond acceptors (Lipinski definition) is 2. The van der Waals surface area contributed by atoms with Gasteiger partial charge < -0.3 is 9.88 Å². The Bertz CT molecular complexity index is 1140. The van der Waals surface area contributed by atoms with Gasteiger partial charge in [-0.1, -0.05) is 114 Å². The molecule has 0 fully saturated rings. The number of rotatable bonds is 6. The molecule has 0 saturated carbocycles. The topological polar surface area (TPSA) is 29.1 Å². The molecule has 2 nitrogen and oxygen atoms in total. The first-order valence-corrected chi connectivity index (χ1v) is 12.1. The number of hydrogen-bond donors (Lipinski definition) is 1. The monoisotopic (exact) mass is 451 g/mol. The van der Waals surface area contributed by atoms with E-state index in [-0.39, 0.29) is 0 Å². The molecule has 0 aliphatic rings. The van der Waals surface area contributed by atoms with Crippen molar-refractivity contribution in [3.05, 3.63) is 125 Å². The first-order valence-electron chi connectivity index (χ1n) is 9.57. The molecule has 4 rings (SSSR count). The van der Waals surface area contributed by atoms with Crippen molar-refractivity contribution in [2.45, 2.75) is 5.78 Å². The van der Waals surface area contributed by atoms with Crippen LogP contribution in [0, 0.1) is 0 Å². The first-order chi connectivity index (χ1) is 14.6. The van der Waals surface area contributed by atoms with Crippen LogP contribution in [-0.4, -0.2) is 0 Å². The Labute approximate surface area is 186 Å². The molecule has 0 aliphatic heterocycles. The predicted molar refractivity (Wildman–Crippen MR) is 129 cm³/mol. The maximum atomic E-state index is 15.0. The van der Waals surface area contributed by atoms with Gasteiger partial charge in [0.2, 0.25) is 0 Å². The predicted octanol–water partition coefficient (Wildman–Crippen LogP) is 7.12. The van der Waals surface area contributed by atoms with Crippen molar-refractivity contribution < 1.29 is 4.57 Å². The van der Waals surface area contributed by atoms with E-state index in [0.29, 0.717) is 15.7 Å². The molecule has 0 saturated heterocycles. The summed E-state index contributed by atoms with van der Waals surface area (Å²) in [5, 5.41) is 6.07. The zero-order valence-electron chi connectivity index (χ0n) is 16.1. The Kier molecular flexibility index (Phi) is 6.29. The highest BCUT2D eigenvalue weighted by molar-refractivity contribution is 7.79. The Morgan fingerprint density at radius 2 is 1.07 bits per heavy atom. The van der Waals surface area contributed by atoms with E-state index in [1.54, 1.807) is 0 Å². The smallest absolute Gasteiger partial charge is 0.168 e. The van der Waals surface area contributed by atoms with Crippen LogP contribution in [0.3, 0.4) is 0 Å². The number of halogens is 2. The summed E-state index contributed by atoms with van der Waals surface area (Å²) in [5.41, 5.74) is 1.46. The van der Waals surface area contributed by atoms with Gasteiger partial charge in [-0.2, -0.15) is 0 Å². The van der Waals surface area contributed by atoms with Gasteiger partial charge in [-0.15, -0.1) is 0 Å². The summed E-state index contributed by atoms with van der Waals surface area (Å²) < 4.78 is 15.0. The van der Waals surface area contributed by atoms with Crippen LogP contribution in [0.15, 0.2) is 109 Å². The molecule has 0 radical (unpaired) electrons. The summed E-state index contributed by atoms with van der Waals surface area (Å²) >= 11 is 13.1. The van der Waals surface area contributed by atoms with Crippen molar-refractivity contribution in [2.75, 3.05) is 5.32 Å². The minimum Gasteiger partial charge on any atom is -0.370 e. The van der Waals surface area contributed by atoms with Crippen molar-refractivity contribution >= 4 is 46.6 Å². The van der Waals surface area contributed by atoms with E-state index < -0.39 is 12.9 Å². The van der Waals surface area contributed by atoms with Crippen LogP contribution in [0.1, 0.15) is 11.3 Å². The van der Waals surface area contributed by atoms with Crippen LogP contribution >= 0.6 is 30.3 Å². The van der Waals surface area contributed by atoms with Gasteiger partial charge in [-0.3, -0.25) is 0 Å². The fraction of sp³-hybridized carbons (Fsp3) is 0.0400. The summed E-state index contributed by atoms with van der Waals surface area (Å²) in [6.45, 7) is 0. The Hall–Kier alpha value is -2.51. The lowest BCUT2D eigenvalue weighted by atomic mass is 10.2. The summed E-state index contributed by atoms with van der Waals surface area (Å²) in [4.78, 5) is 0. The fourth-order valence-corrected chi connectivity index (χ4v) is 7.11. The third-order valence-corrected chi connectivity index (χ3v) is 8.95. The molecular formula is C25H20Cl2NOP. The molecule has 0 aromatic heterocycles. The third-order valence-electron chi connectivity index (χ3n) is 5.01. The van der Waals surface area contributed by atoms with Gasteiger partial charge in [-0.25, -0.2) is 0 Å². The molecular weight excluding hydrogens is 432 g/mol. The average Bonchev–Trinajstić information content (AvgIpc) is 2.80. The van der Waals surface area contributed by atoms with Crippen LogP contribution < -0.4 is 15.9 Å². The van der Waals surface area contributed by atoms with Crippen LogP contribution in [0.2, 0.25) is 10.0 Å². The maximum Gasteiger partial charge on any atom is 0.168 e. The fourth-order valence-electron chi connectivity index (χ4n) is 3.53. The van der Waals surface area contributed by atoms with Gasteiger partial charge in [0.25, 0.3) is 0 Å². The molecule has 1 N–H and O–H groups in total. The lowest BCUT2D eigenvalue weighted by molar-refractivity contribution is 0.581. The minimum absolute atomic E-state index is 0.550. The molecule has 1 unspecified atom stereocenters. The molecule has 0 spiro atoms. The Balaban J connectivity index is 1.98. The van der Waals surface area contributed by atoms with Crippen LogP contribution in [0.25, 0.3) is 0 Å². The third kappa shape index (κ3) is 4.04. The molecule has 150 valence electrons. The highest BCUT2D eigenvalue weighted by atomic mass is 35.5. The Morgan fingerprint density at radius 3 is 1.60 bits per heavy atom. The molecule has 4 aromatic carbocycles. The summed E-state index contributed by atoms with van der Waals surface area (Å²) in [6, 6.07) is 34.1. The zero-order valence-corrected chi connectivity index (χ0v) is 18.5. The molecule has 0 aliphatic carbocycles. The summed E-state index contributed by atoms with van der Waals surface area (Å²) in [6.07, 6.45) is 0. The van der Waals surface area contributed by atoms with E-state index in [2.05, 4.69) is 5.32 Å². The number of benzene rings is 4. The standard InChI is InChI=1S/C25H20Cl2NOP/c26-22-16-8-7-15-21(22)25(28-24-18-10-9-17-23(24)27)30(29,19-11-3-1-4-12-19)20-13-5-2-6-14-20/h1-18,25,28H. The quantitative estimate of drug-likeness (QED) is 0.316. The summed E-state index contributed by atoms with van der Waals surface area (Å²) in [7, 11) is -3.22. The molecule has 5 heteroatoms. The van der Waals surface area contributed by atoms with E-state index >= 15 is 4.57 Å². The molecule has 0 heterocycles. The van der Waals surface area contributed by atoms with Crippen molar-refractivity contribution in [1.82, 2.24) is 0 Å². The second-order valence-corrected chi connectivity index (χ2v) is 10.6. The van der Waals surface area contributed by atoms with Crippen molar-refractivity contribution in [3.63, 3.8) is 0 Å². The van der Waals surface area contributed by atoms with E-state index in [9.17, 15) is 0 Å². The van der Waals surface area contributed by atoms with Crippen molar-refractivity contribution in [3.8, 4) is 0 Å². The van der Waals surface area contributed by atoms with E-state index in [0.717, 1.165) is 16.2 Å². The van der Waals surface area contributed by atoms with E-state index in [1.807, 2.05) is 109 Å². The van der Waals surface area contributed by atoms with Crippen molar-refractivity contribution in [1.29, 1.82) is 0 Å². The van der Waals surface area contributed by atoms with Gasteiger partial charge in [0, 0.05) is 21.2 Å². The van der Waals surface area contributed by atoms with Gasteiger partial charge >= 0.3 is 0 Å². The van der Waals surface area contributed by atoms with Gasteiger partial charge in [0.05, 0.1) is 10.7 Å². The van der Waals surface area contributed by atoms with Gasteiger partial charge in [-0.05, 0) is 18.2 Å². The lowest BCUT2D eigenvalue weighted by Gasteiger charge is -2.31. The zero-order chi connectivity index (χ0) is 21.0. The SMILES string of the molecule is O=P(c1ccccc1)(c1ccccc1)C(Nc1ccccc1Cl)c1ccccc1Cl. The minimum atomic E-state index is -3.22. The molecule has 0 amide bonds. The molecule has 0 bridgehead atoms. The van der Waals surface area contributed by atoms with Crippen molar-refractivity contribution in [2.24, 2.45) is 0 Å². The Morgan fingerprint density at radius 1 is 0.600 bits per heavy atom. The number of para-hydroxylation sites is 1. The second kappa shape index (κ2) is 9.10. The molecule has 30 heavy (non-hydrogen) atoms. The first kappa shape index (κ1) is 20.8.